The second kappa shape index (κ2) is 13.3. The lowest BCUT2D eigenvalue weighted by Crippen LogP contribution is -2.54. The van der Waals surface area contributed by atoms with Crippen LogP contribution in [0.15, 0.2) is 76.1 Å². The van der Waals surface area contributed by atoms with Gasteiger partial charge in [0.05, 0.1) is 22.7 Å². The highest BCUT2D eigenvalue weighted by Crippen LogP contribution is 2.32. The normalized spacial score (nSPS) is 12.4. The van der Waals surface area contributed by atoms with Crippen LogP contribution in [-0.2, 0) is 26.2 Å². The fourth-order valence-electron chi connectivity index (χ4n) is 4.02. The lowest BCUT2D eigenvalue weighted by Gasteiger charge is -2.33. The molecule has 2 amide bonds. The number of amides is 2. The van der Waals surface area contributed by atoms with Crippen molar-refractivity contribution in [1.29, 1.82) is 0 Å². The lowest BCUT2D eigenvalue weighted by molar-refractivity contribution is -0.140. The Balaban J connectivity index is 2.07. The summed E-state index contributed by atoms with van der Waals surface area (Å²) in [6.07, 6.45) is 0. The zero-order valence-electron chi connectivity index (χ0n) is 23.9. The molecule has 0 fully saturated rings. The number of hydrogen-bond acceptors (Lipinski definition) is 5. The number of benzene rings is 3. The highest BCUT2D eigenvalue weighted by Gasteiger charge is 2.33. The Morgan fingerprint density at radius 1 is 1.02 bits per heavy atom. The van der Waals surface area contributed by atoms with Crippen LogP contribution in [0.2, 0.25) is 5.02 Å². The summed E-state index contributed by atoms with van der Waals surface area (Å²) in [5, 5.41) is 3.10. The third-order valence-corrected chi connectivity index (χ3v) is 8.85. The first-order chi connectivity index (χ1) is 19.1. The first kappa shape index (κ1) is 32.4. The van der Waals surface area contributed by atoms with E-state index in [0.717, 1.165) is 19.9 Å². The van der Waals surface area contributed by atoms with E-state index < -0.39 is 34.1 Å². The van der Waals surface area contributed by atoms with Crippen molar-refractivity contribution in [1.82, 2.24) is 10.2 Å². The summed E-state index contributed by atoms with van der Waals surface area (Å²) < 4.78 is 35.0. The second-order valence-electron chi connectivity index (χ2n) is 10.7. The van der Waals surface area contributed by atoms with Crippen molar-refractivity contribution in [2.45, 2.75) is 57.6 Å². The molecule has 0 bridgehead atoms. The van der Waals surface area contributed by atoms with E-state index in [2.05, 4.69) is 21.2 Å². The first-order valence-electron chi connectivity index (χ1n) is 12.9. The summed E-state index contributed by atoms with van der Waals surface area (Å²) in [5.41, 5.74) is 1.31. The Hall–Kier alpha value is -3.08. The van der Waals surface area contributed by atoms with Gasteiger partial charge in [0.1, 0.15) is 18.3 Å². The highest BCUT2D eigenvalue weighted by molar-refractivity contribution is 9.10. The SMILES string of the molecule is COc1ccc(N(CC(=O)N(Cc2ccc(Br)cc2)[C@H](C)C(=O)NC(C)(C)C)S(=O)(=O)c2ccc(C)cc2)cc1Cl. The van der Waals surface area contributed by atoms with Crippen molar-refractivity contribution in [3.05, 3.63) is 87.4 Å². The molecule has 0 saturated heterocycles. The predicted molar refractivity (Wildman–Crippen MR) is 166 cm³/mol. The molecule has 0 radical (unpaired) electrons. The van der Waals surface area contributed by atoms with Gasteiger partial charge in [0.15, 0.2) is 0 Å². The maximum atomic E-state index is 14.0. The van der Waals surface area contributed by atoms with Crippen LogP contribution in [0, 0.1) is 6.92 Å². The van der Waals surface area contributed by atoms with E-state index in [1.165, 1.54) is 36.3 Å². The Labute approximate surface area is 255 Å². The molecule has 3 aromatic rings. The Morgan fingerprint density at radius 3 is 2.17 bits per heavy atom. The van der Waals surface area contributed by atoms with Crippen molar-refractivity contribution in [2.24, 2.45) is 0 Å². The van der Waals surface area contributed by atoms with Gasteiger partial charge >= 0.3 is 0 Å². The standard InChI is InChI=1S/C30H35BrClN3O5S/c1-20-7-14-25(15-8-20)41(38,39)35(24-13-16-27(40-6)26(32)17-24)19-28(36)34(18-22-9-11-23(31)12-10-22)21(2)29(37)33-30(3,4)5/h7-17,21H,18-19H2,1-6H3,(H,33,37)/t21-/m1/s1. The zero-order valence-corrected chi connectivity index (χ0v) is 27.1. The number of carbonyl (C=O) groups excluding carboxylic acids is 2. The van der Waals surface area contributed by atoms with E-state index in [4.69, 9.17) is 16.3 Å². The van der Waals surface area contributed by atoms with E-state index in [1.807, 2.05) is 52.0 Å². The van der Waals surface area contributed by atoms with Crippen molar-refractivity contribution >= 4 is 55.1 Å². The molecule has 0 aliphatic heterocycles. The number of hydrogen-bond donors (Lipinski definition) is 1. The number of sulfonamides is 1. The molecule has 3 aromatic carbocycles. The molecule has 11 heteroatoms. The molecule has 8 nitrogen and oxygen atoms in total. The zero-order chi connectivity index (χ0) is 30.5. The summed E-state index contributed by atoms with van der Waals surface area (Å²) in [7, 11) is -2.76. The topological polar surface area (TPSA) is 96.0 Å². The number of anilines is 1. The fourth-order valence-corrected chi connectivity index (χ4v) is 5.94. The van der Waals surface area contributed by atoms with Gasteiger partial charge in [-0.15, -0.1) is 0 Å². The average Bonchev–Trinajstić information content (AvgIpc) is 2.90. The van der Waals surface area contributed by atoms with Gasteiger partial charge in [-0.1, -0.05) is 57.4 Å². The number of methoxy groups -OCH3 is 1. The number of rotatable bonds is 10. The smallest absolute Gasteiger partial charge is 0.264 e. The average molecular weight is 665 g/mol. The van der Waals surface area contributed by atoms with Crippen LogP contribution in [0.4, 0.5) is 5.69 Å². The third kappa shape index (κ3) is 8.47. The van der Waals surface area contributed by atoms with Gasteiger partial charge in [-0.2, -0.15) is 0 Å². The van der Waals surface area contributed by atoms with Crippen LogP contribution >= 0.6 is 27.5 Å². The molecular formula is C30H35BrClN3O5S. The van der Waals surface area contributed by atoms with Crippen molar-refractivity contribution in [3.8, 4) is 5.75 Å². The molecule has 41 heavy (non-hydrogen) atoms. The monoisotopic (exact) mass is 663 g/mol. The molecule has 1 N–H and O–H groups in total. The van der Waals surface area contributed by atoms with Crippen LogP contribution < -0.4 is 14.4 Å². The van der Waals surface area contributed by atoms with Gasteiger partial charge in [0.2, 0.25) is 11.8 Å². The van der Waals surface area contributed by atoms with Crippen molar-refractivity contribution in [2.75, 3.05) is 18.0 Å². The van der Waals surface area contributed by atoms with E-state index in [-0.39, 0.29) is 28.1 Å². The molecule has 0 saturated carbocycles. The van der Waals surface area contributed by atoms with E-state index in [9.17, 15) is 18.0 Å². The van der Waals surface area contributed by atoms with E-state index >= 15 is 0 Å². The molecule has 220 valence electrons. The van der Waals surface area contributed by atoms with Gasteiger partial charge in [-0.25, -0.2) is 8.42 Å². The number of halogens is 2. The van der Waals surface area contributed by atoms with Crippen LogP contribution in [-0.4, -0.2) is 50.4 Å². The number of nitrogens with zero attached hydrogens (tertiary/aromatic N) is 2. The summed E-state index contributed by atoms with van der Waals surface area (Å²) in [4.78, 5) is 28.6. The summed E-state index contributed by atoms with van der Waals surface area (Å²) in [5.74, 6) is -0.561. The predicted octanol–water partition coefficient (Wildman–Crippen LogP) is 5.95. The van der Waals surface area contributed by atoms with Gasteiger partial charge in [0.25, 0.3) is 10.0 Å². The second-order valence-corrected chi connectivity index (χ2v) is 13.9. The summed E-state index contributed by atoms with van der Waals surface area (Å²) in [6, 6.07) is 17.3. The maximum Gasteiger partial charge on any atom is 0.264 e. The van der Waals surface area contributed by atoms with Gasteiger partial charge in [-0.05, 0) is 82.6 Å². The van der Waals surface area contributed by atoms with Gasteiger partial charge in [-0.3, -0.25) is 13.9 Å². The number of nitrogens with one attached hydrogen (secondary N) is 1. The minimum atomic E-state index is -4.21. The highest BCUT2D eigenvalue weighted by atomic mass is 79.9. The maximum absolute atomic E-state index is 14.0. The molecule has 0 spiro atoms. The molecule has 0 aromatic heterocycles. The van der Waals surface area contributed by atoms with Crippen LogP contribution in [0.25, 0.3) is 0 Å². The third-order valence-electron chi connectivity index (χ3n) is 6.24. The molecule has 0 aliphatic rings. The van der Waals surface area contributed by atoms with E-state index in [1.54, 1.807) is 25.1 Å². The van der Waals surface area contributed by atoms with Crippen LogP contribution in [0.3, 0.4) is 0 Å². The first-order valence-corrected chi connectivity index (χ1v) is 15.5. The Morgan fingerprint density at radius 2 is 1.63 bits per heavy atom. The molecular weight excluding hydrogens is 630 g/mol. The van der Waals surface area contributed by atoms with Crippen LogP contribution in [0.5, 0.6) is 5.75 Å². The van der Waals surface area contributed by atoms with Gasteiger partial charge in [0, 0.05) is 16.6 Å². The number of ether oxygens (including phenoxy) is 1. The fraction of sp³-hybridized carbons (Fsp3) is 0.333. The van der Waals surface area contributed by atoms with Crippen LogP contribution in [0.1, 0.15) is 38.8 Å². The number of carbonyl (C=O) groups is 2. The largest absolute Gasteiger partial charge is 0.495 e. The summed E-state index contributed by atoms with van der Waals surface area (Å²) in [6.45, 7) is 8.55. The quantitative estimate of drug-likeness (QED) is 0.289. The summed E-state index contributed by atoms with van der Waals surface area (Å²) >= 11 is 9.78. The molecule has 0 unspecified atom stereocenters. The molecule has 1 atom stereocenters. The minimum absolute atomic E-state index is 0.0147. The van der Waals surface area contributed by atoms with Gasteiger partial charge < -0.3 is 15.0 Å². The lowest BCUT2D eigenvalue weighted by atomic mass is 10.1. The van der Waals surface area contributed by atoms with Crippen molar-refractivity contribution < 1.29 is 22.7 Å². The minimum Gasteiger partial charge on any atom is -0.495 e. The molecule has 0 aliphatic carbocycles. The number of aryl methyl sites for hydroxylation is 1. The van der Waals surface area contributed by atoms with Crippen molar-refractivity contribution in [3.63, 3.8) is 0 Å². The Kier molecular flexibility index (Phi) is 10.5. The Bertz CT molecular complexity index is 1490. The van der Waals surface area contributed by atoms with E-state index in [0.29, 0.717) is 5.75 Å². The molecule has 0 heterocycles. The molecule has 3 rings (SSSR count).